The molecule has 0 saturated heterocycles. The Hall–Kier alpha value is -3.17. The fourth-order valence-electron chi connectivity index (χ4n) is 5.01. The number of carbonyl (C=O) groups excluding carboxylic acids is 1. The van der Waals surface area contributed by atoms with E-state index in [2.05, 4.69) is 4.99 Å². The van der Waals surface area contributed by atoms with E-state index >= 15 is 0 Å². The smallest absolute Gasteiger partial charge is 0.280 e. The maximum absolute atomic E-state index is 12.9. The van der Waals surface area contributed by atoms with Crippen LogP contribution in [-0.4, -0.2) is 38.9 Å². The predicted molar refractivity (Wildman–Crippen MR) is 113 cm³/mol. The zero-order valence-electron chi connectivity index (χ0n) is 16.6. The van der Waals surface area contributed by atoms with Crippen molar-refractivity contribution < 1.29 is 28.0 Å². The SMILES string of the molecule is CC1CCC(S(=O)(=O)O)C1n1c(C2=c3cc(O)ccc3=NC2=O)c(O)c2ccccc21. The molecule has 8 nitrogen and oxygen atoms in total. The standard InChI is InChI=1S/C22H20N2O6S/c1-11-6-9-17(31(28,29)30)19(11)24-16-5-3-2-4-13(16)21(26)20(24)18-14-10-12(25)7-8-15(14)23-22(18)27/h2-5,7-8,10-11,17,19,25-26H,6,9H2,1H3,(H,28,29,30). The summed E-state index contributed by atoms with van der Waals surface area (Å²) in [6.45, 7) is 1.89. The summed E-state index contributed by atoms with van der Waals surface area (Å²) in [5.41, 5.74) is 0.788. The van der Waals surface area contributed by atoms with Crippen LogP contribution in [0, 0.1) is 5.92 Å². The Morgan fingerprint density at radius 3 is 2.58 bits per heavy atom. The molecule has 5 rings (SSSR count). The number of hydrogen-bond acceptors (Lipinski definition) is 5. The first-order valence-corrected chi connectivity index (χ1v) is 11.4. The van der Waals surface area contributed by atoms with Crippen LogP contribution in [0.5, 0.6) is 11.5 Å². The fourth-order valence-corrected chi connectivity index (χ4v) is 6.18. The number of aromatic hydroxyl groups is 2. The van der Waals surface area contributed by atoms with E-state index in [4.69, 9.17) is 0 Å². The summed E-state index contributed by atoms with van der Waals surface area (Å²) in [6, 6.07) is 10.6. The van der Waals surface area contributed by atoms with Gasteiger partial charge in [-0.15, -0.1) is 0 Å². The van der Waals surface area contributed by atoms with Gasteiger partial charge in [-0.1, -0.05) is 19.1 Å². The first-order chi connectivity index (χ1) is 14.7. The predicted octanol–water partition coefficient (Wildman–Crippen LogP) is 1.64. The number of carbonyl (C=O) groups is 1. The van der Waals surface area contributed by atoms with Gasteiger partial charge in [0.15, 0.2) is 0 Å². The van der Waals surface area contributed by atoms with Crippen LogP contribution in [-0.2, 0) is 14.9 Å². The van der Waals surface area contributed by atoms with E-state index in [-0.39, 0.29) is 35.1 Å². The van der Waals surface area contributed by atoms with Gasteiger partial charge in [-0.2, -0.15) is 8.42 Å². The van der Waals surface area contributed by atoms with Crippen LogP contribution < -0.4 is 10.6 Å². The number of rotatable bonds is 3. The van der Waals surface area contributed by atoms with Crippen LogP contribution in [0.4, 0.5) is 0 Å². The Balaban J connectivity index is 1.92. The highest BCUT2D eigenvalue weighted by molar-refractivity contribution is 7.86. The molecule has 0 radical (unpaired) electrons. The van der Waals surface area contributed by atoms with E-state index < -0.39 is 27.3 Å². The van der Waals surface area contributed by atoms with Gasteiger partial charge >= 0.3 is 0 Å². The molecule has 1 aromatic heterocycles. The lowest BCUT2D eigenvalue weighted by Gasteiger charge is -2.26. The van der Waals surface area contributed by atoms with E-state index in [1.807, 2.05) is 6.92 Å². The van der Waals surface area contributed by atoms with Crippen molar-refractivity contribution in [1.29, 1.82) is 0 Å². The third kappa shape index (κ3) is 2.88. The highest BCUT2D eigenvalue weighted by Crippen LogP contribution is 2.46. The highest BCUT2D eigenvalue weighted by atomic mass is 32.2. The Labute approximate surface area is 177 Å². The van der Waals surface area contributed by atoms with E-state index in [0.29, 0.717) is 27.9 Å². The minimum atomic E-state index is -4.37. The molecule has 0 spiro atoms. The molecule has 160 valence electrons. The van der Waals surface area contributed by atoms with Crippen LogP contribution in [0.2, 0.25) is 0 Å². The van der Waals surface area contributed by atoms with Gasteiger partial charge in [-0.05, 0) is 49.1 Å². The lowest BCUT2D eigenvalue weighted by atomic mass is 10.0. The Kier molecular flexibility index (Phi) is 4.25. The highest BCUT2D eigenvalue weighted by Gasteiger charge is 2.45. The topological polar surface area (TPSA) is 129 Å². The van der Waals surface area contributed by atoms with Crippen LogP contribution in [0.1, 0.15) is 31.5 Å². The number of para-hydroxylation sites is 1. The second-order valence-electron chi connectivity index (χ2n) is 8.18. The second-order valence-corrected chi connectivity index (χ2v) is 9.81. The molecular formula is C22H20N2O6S. The third-order valence-electron chi connectivity index (χ3n) is 6.36. The van der Waals surface area contributed by atoms with Crippen LogP contribution in [0.3, 0.4) is 0 Å². The molecule has 2 aromatic carbocycles. The summed E-state index contributed by atoms with van der Waals surface area (Å²) in [5.74, 6) is -0.959. The molecule has 3 unspecified atom stereocenters. The summed E-state index contributed by atoms with van der Waals surface area (Å²) in [7, 11) is -4.37. The molecule has 31 heavy (non-hydrogen) atoms. The number of amides is 1. The lowest BCUT2D eigenvalue weighted by Crippen LogP contribution is -2.31. The zero-order valence-corrected chi connectivity index (χ0v) is 17.4. The molecule has 1 amide bonds. The van der Waals surface area contributed by atoms with Crippen molar-refractivity contribution in [2.45, 2.75) is 31.1 Å². The number of phenols is 1. The molecule has 9 heteroatoms. The lowest BCUT2D eigenvalue weighted by molar-refractivity contribution is -0.112. The maximum atomic E-state index is 12.9. The van der Waals surface area contributed by atoms with Gasteiger partial charge < -0.3 is 14.8 Å². The number of benzene rings is 2. The van der Waals surface area contributed by atoms with Crippen molar-refractivity contribution in [2.75, 3.05) is 0 Å². The Morgan fingerprint density at radius 2 is 1.84 bits per heavy atom. The summed E-state index contributed by atoms with van der Waals surface area (Å²) in [4.78, 5) is 17.0. The molecule has 1 aliphatic carbocycles. The largest absolute Gasteiger partial charge is 0.508 e. The van der Waals surface area contributed by atoms with Gasteiger partial charge in [-0.3, -0.25) is 9.35 Å². The van der Waals surface area contributed by atoms with Crippen molar-refractivity contribution in [3.05, 3.63) is 58.7 Å². The van der Waals surface area contributed by atoms with Gasteiger partial charge in [0, 0.05) is 10.6 Å². The number of hydrogen-bond donors (Lipinski definition) is 3. The normalized spacial score (nSPS) is 23.4. The fraction of sp³-hybridized carbons (Fsp3) is 0.273. The molecule has 3 N–H and O–H groups in total. The molecule has 3 aromatic rings. The van der Waals surface area contributed by atoms with Gasteiger partial charge in [-0.25, -0.2) is 4.99 Å². The molecule has 1 fully saturated rings. The summed E-state index contributed by atoms with van der Waals surface area (Å²) < 4.78 is 36.0. The third-order valence-corrected chi connectivity index (χ3v) is 7.64. The first kappa shape index (κ1) is 19.8. The molecule has 2 aliphatic rings. The van der Waals surface area contributed by atoms with Crippen LogP contribution >= 0.6 is 0 Å². The van der Waals surface area contributed by atoms with Crippen molar-refractivity contribution in [1.82, 2.24) is 4.57 Å². The van der Waals surface area contributed by atoms with E-state index in [1.54, 1.807) is 28.8 Å². The number of nitrogens with zero attached hydrogens (tertiary/aromatic N) is 2. The number of phenolic OH excluding ortho intramolecular Hbond substituents is 1. The maximum Gasteiger partial charge on any atom is 0.280 e. The minimum Gasteiger partial charge on any atom is -0.508 e. The van der Waals surface area contributed by atoms with E-state index in [0.717, 1.165) is 0 Å². The van der Waals surface area contributed by atoms with Gasteiger partial charge in [0.05, 0.1) is 28.2 Å². The summed E-state index contributed by atoms with van der Waals surface area (Å²) in [6.07, 6.45) is 0.829. The van der Waals surface area contributed by atoms with Gasteiger partial charge in [0.25, 0.3) is 16.0 Å². The summed E-state index contributed by atoms with van der Waals surface area (Å²) in [5, 5.41) is 21.3. The second kappa shape index (κ2) is 6.66. The molecule has 2 heterocycles. The molecule has 1 saturated carbocycles. The zero-order chi connectivity index (χ0) is 22.1. The molecule has 1 aliphatic heterocycles. The molecular weight excluding hydrogens is 420 g/mol. The van der Waals surface area contributed by atoms with E-state index in [1.165, 1.54) is 18.2 Å². The molecule has 0 bridgehead atoms. The number of aromatic nitrogens is 1. The average molecular weight is 440 g/mol. The molecule has 3 atom stereocenters. The quantitative estimate of drug-likeness (QED) is 0.531. The monoisotopic (exact) mass is 440 g/mol. The van der Waals surface area contributed by atoms with E-state index in [9.17, 15) is 28.0 Å². The van der Waals surface area contributed by atoms with Crippen molar-refractivity contribution in [2.24, 2.45) is 10.9 Å². The van der Waals surface area contributed by atoms with Crippen molar-refractivity contribution in [3.8, 4) is 11.5 Å². The average Bonchev–Trinajstić information content (AvgIpc) is 3.33. The number of fused-ring (bicyclic) bond motifs is 2. The first-order valence-electron chi connectivity index (χ1n) is 9.93. The van der Waals surface area contributed by atoms with Crippen molar-refractivity contribution in [3.63, 3.8) is 0 Å². The van der Waals surface area contributed by atoms with Crippen molar-refractivity contribution >= 4 is 32.5 Å². The minimum absolute atomic E-state index is 0.0617. The van der Waals surface area contributed by atoms with Gasteiger partial charge in [0.1, 0.15) is 16.7 Å². The summed E-state index contributed by atoms with van der Waals surface area (Å²) >= 11 is 0. The van der Waals surface area contributed by atoms with Crippen LogP contribution in [0.15, 0.2) is 47.5 Å². The van der Waals surface area contributed by atoms with Crippen LogP contribution in [0.25, 0.3) is 16.5 Å². The Morgan fingerprint density at radius 1 is 1.10 bits per heavy atom. The Bertz CT molecular complexity index is 1490. The van der Waals surface area contributed by atoms with Gasteiger partial charge in [0.2, 0.25) is 0 Å².